The first-order valence-electron chi connectivity index (χ1n) is 12.5. The van der Waals surface area contributed by atoms with E-state index in [2.05, 4.69) is 4.52 Å². The molecule has 0 aromatic heterocycles. The van der Waals surface area contributed by atoms with Crippen molar-refractivity contribution in [3.05, 3.63) is 0 Å². The van der Waals surface area contributed by atoms with Gasteiger partial charge in [0, 0.05) is 6.42 Å². The van der Waals surface area contributed by atoms with E-state index in [1.807, 2.05) is 0 Å². The molecule has 0 saturated carbocycles. The molecule has 2 N–H and O–H groups in total. The van der Waals surface area contributed by atoms with Crippen LogP contribution in [0.1, 0.15) is 6.42 Å². The molecule has 0 saturated heterocycles. The van der Waals surface area contributed by atoms with Crippen LogP contribution >= 0.6 is 7.82 Å². The lowest BCUT2D eigenvalue weighted by Gasteiger charge is -2.47. The summed E-state index contributed by atoms with van der Waals surface area (Å²) in [6, 6.07) is 0. The molecule has 0 heterocycles. The molecule has 0 radical (unpaired) electrons. The van der Waals surface area contributed by atoms with Crippen LogP contribution in [0, 0.1) is 0 Å². The van der Waals surface area contributed by atoms with Gasteiger partial charge in [-0.3, -0.25) is 4.52 Å². The average Bonchev–Trinajstić information content (AvgIpc) is 2.97. The maximum Gasteiger partial charge on any atom is 0.469 e. The van der Waals surface area contributed by atoms with Gasteiger partial charge >= 0.3 is 109 Å². The molecule has 0 fully saturated rings. The Kier molecular flexibility index (Phi) is 13.5. The standard InChI is InChI=1S/C19H6F35O4P/c20-3(21,1-2-58-59(55,56)57)5(23,24)7(27,28)9(31,32)11(35,36)13(39,40)15(43,44)17(47,48)16(45,46)14(41,42)12(37,38)10(33,34)8(29,30)6(25,26)4(22,18(49,50)51)19(52,53)54/h1-2H2,(H2,55,56,57). The maximum atomic E-state index is 14.0. The van der Waals surface area contributed by atoms with Crippen LogP contribution in [0.5, 0.6) is 0 Å². The molecule has 0 unspecified atom stereocenters. The van der Waals surface area contributed by atoms with Gasteiger partial charge in [-0.15, -0.1) is 0 Å². The van der Waals surface area contributed by atoms with Crippen molar-refractivity contribution in [1.82, 2.24) is 0 Å². The Balaban J connectivity index is 7.77. The Morgan fingerprint density at radius 2 is 0.475 bits per heavy atom. The van der Waals surface area contributed by atoms with Crippen LogP contribution in [0.2, 0.25) is 0 Å². The number of phosphoric acid groups is 1. The van der Waals surface area contributed by atoms with Gasteiger partial charge in [-0.25, -0.2) is 8.96 Å². The maximum absolute atomic E-state index is 14.0. The molecule has 0 aromatic rings. The lowest BCUT2D eigenvalue weighted by Crippen LogP contribution is -2.80. The molecule has 0 aliphatic heterocycles. The summed E-state index contributed by atoms with van der Waals surface area (Å²) in [7, 11) is -6.20. The molecule has 356 valence electrons. The summed E-state index contributed by atoms with van der Waals surface area (Å²) in [4.78, 5) is 16.3. The Morgan fingerprint density at radius 1 is 0.305 bits per heavy atom. The van der Waals surface area contributed by atoms with Gasteiger partial charge in [-0.2, -0.15) is 149 Å². The third-order valence-corrected chi connectivity index (χ3v) is 7.60. The summed E-state index contributed by atoms with van der Waals surface area (Å²) < 4.78 is 489. The van der Waals surface area contributed by atoms with Gasteiger partial charge in [0.2, 0.25) is 0 Å². The van der Waals surface area contributed by atoms with Gasteiger partial charge < -0.3 is 9.79 Å². The number of halogens is 35. The smallest absolute Gasteiger partial charge is 0.303 e. The summed E-state index contributed by atoms with van der Waals surface area (Å²) in [5.74, 6) is -137. The van der Waals surface area contributed by atoms with Crippen molar-refractivity contribution in [2.75, 3.05) is 6.61 Å². The number of rotatable bonds is 18. The normalized spacial score (nSPS) is 17.2. The highest BCUT2D eigenvalue weighted by atomic mass is 31.2. The monoisotopic (exact) mass is 994 g/mol. The van der Waals surface area contributed by atoms with Crippen LogP contribution in [-0.4, -0.2) is 117 Å². The van der Waals surface area contributed by atoms with Crippen LogP contribution in [0.15, 0.2) is 0 Å². The second-order valence-corrected chi connectivity index (χ2v) is 12.1. The number of hydrogen-bond donors (Lipinski definition) is 2. The van der Waals surface area contributed by atoms with E-state index >= 15 is 0 Å². The molecule has 0 aliphatic carbocycles. The summed E-state index contributed by atoms with van der Waals surface area (Å²) in [6.45, 7) is -2.82. The van der Waals surface area contributed by atoms with Gasteiger partial charge in [-0.05, 0) is 0 Å². The fraction of sp³-hybridized carbons (Fsp3) is 1.00. The predicted octanol–water partition coefficient (Wildman–Crippen LogP) is 11.2. The lowest BCUT2D eigenvalue weighted by molar-refractivity contribution is -0.493. The van der Waals surface area contributed by atoms with E-state index in [0.29, 0.717) is 0 Å². The lowest BCUT2D eigenvalue weighted by atomic mass is 9.81. The van der Waals surface area contributed by atoms with E-state index < -0.39 is 122 Å². The highest BCUT2D eigenvalue weighted by Crippen LogP contribution is 2.70. The van der Waals surface area contributed by atoms with E-state index in [1.54, 1.807) is 0 Å². The van der Waals surface area contributed by atoms with Gasteiger partial charge in [-0.1, -0.05) is 0 Å². The summed E-state index contributed by atoms with van der Waals surface area (Å²) >= 11 is 0. The Bertz CT molecular complexity index is 1550. The zero-order chi connectivity index (χ0) is 49.1. The third kappa shape index (κ3) is 7.16. The topological polar surface area (TPSA) is 66.8 Å². The molecule has 0 bridgehead atoms. The van der Waals surface area contributed by atoms with Crippen molar-refractivity contribution in [3.8, 4) is 0 Å². The number of phosphoric ester groups is 1. The Hall–Kier alpha value is -2.34. The summed E-state index contributed by atoms with van der Waals surface area (Å²) in [6.07, 6.45) is -21.5. The molecular weight excluding hydrogens is 988 g/mol. The molecule has 59 heavy (non-hydrogen) atoms. The molecule has 40 heteroatoms. The highest BCUT2D eigenvalue weighted by Gasteiger charge is 3.02. The molecule has 0 aromatic carbocycles. The van der Waals surface area contributed by atoms with E-state index in [-0.39, 0.29) is 0 Å². The van der Waals surface area contributed by atoms with E-state index in [9.17, 15) is 158 Å². The van der Waals surface area contributed by atoms with Gasteiger partial charge in [0.05, 0.1) is 6.61 Å². The fourth-order valence-electron chi connectivity index (χ4n) is 3.58. The van der Waals surface area contributed by atoms with Crippen LogP contribution in [-0.2, 0) is 9.09 Å². The van der Waals surface area contributed by atoms with Gasteiger partial charge in [0.1, 0.15) is 0 Å². The molecule has 0 rings (SSSR count). The third-order valence-electron chi connectivity index (χ3n) is 7.08. The Labute approximate surface area is 295 Å². The average molecular weight is 994 g/mol. The number of hydrogen-bond acceptors (Lipinski definition) is 2. The second-order valence-electron chi connectivity index (χ2n) is 10.9. The first kappa shape index (κ1) is 56.7. The minimum absolute atomic E-state index is 2.82. The minimum atomic E-state index is -10.4. The summed E-state index contributed by atoms with van der Waals surface area (Å²) in [5.41, 5.74) is -9.50. The molecular formula is C19H6F35O4P. The SMILES string of the molecule is O=P(O)(O)OCCC(F)(F)C(F)(F)C(F)(F)C(F)(F)C(F)(F)C(F)(F)C(F)(F)C(F)(F)C(F)(F)C(F)(F)C(F)(F)C(F)(F)C(F)(F)C(F)(F)C(F)(C(F)(F)F)C(F)(F)F. The summed E-state index contributed by atoms with van der Waals surface area (Å²) in [5, 5.41) is 0. The number of alkyl halides is 35. The molecule has 4 nitrogen and oxygen atoms in total. The van der Waals surface area contributed by atoms with Crippen LogP contribution in [0.4, 0.5) is 154 Å². The first-order valence-corrected chi connectivity index (χ1v) is 14.1. The minimum Gasteiger partial charge on any atom is -0.303 e. The van der Waals surface area contributed by atoms with Crippen LogP contribution < -0.4 is 0 Å². The molecule has 0 amide bonds. The molecule has 0 spiro atoms. The van der Waals surface area contributed by atoms with Gasteiger partial charge in [0.15, 0.2) is 0 Å². The molecule has 0 atom stereocenters. The predicted molar refractivity (Wildman–Crippen MR) is 108 cm³/mol. The van der Waals surface area contributed by atoms with Crippen LogP contribution in [0.3, 0.4) is 0 Å². The second kappa shape index (κ2) is 14.1. The zero-order valence-electron chi connectivity index (χ0n) is 25.3. The van der Waals surface area contributed by atoms with Crippen molar-refractivity contribution >= 4 is 7.82 Å². The highest BCUT2D eigenvalue weighted by molar-refractivity contribution is 7.46. The van der Waals surface area contributed by atoms with Crippen molar-refractivity contribution in [1.29, 1.82) is 0 Å². The zero-order valence-corrected chi connectivity index (χ0v) is 26.2. The largest absolute Gasteiger partial charge is 0.469 e. The first-order chi connectivity index (χ1) is 24.7. The fourth-order valence-corrected chi connectivity index (χ4v) is 3.91. The van der Waals surface area contributed by atoms with E-state index in [1.165, 1.54) is 0 Å². The van der Waals surface area contributed by atoms with E-state index in [0.717, 1.165) is 0 Å². The quantitative estimate of drug-likeness (QED) is 0.106. The van der Waals surface area contributed by atoms with Crippen molar-refractivity contribution in [3.63, 3.8) is 0 Å². The molecule has 0 aliphatic rings. The van der Waals surface area contributed by atoms with Crippen LogP contribution in [0.25, 0.3) is 0 Å². The Morgan fingerprint density at radius 3 is 0.644 bits per heavy atom. The van der Waals surface area contributed by atoms with Gasteiger partial charge in [0.25, 0.3) is 0 Å². The van der Waals surface area contributed by atoms with Crippen molar-refractivity contribution in [2.24, 2.45) is 0 Å². The van der Waals surface area contributed by atoms with Crippen molar-refractivity contribution < 1.29 is 173 Å². The van der Waals surface area contributed by atoms with E-state index in [4.69, 9.17) is 9.79 Å². The van der Waals surface area contributed by atoms with Crippen molar-refractivity contribution in [2.45, 2.75) is 107 Å².